The normalized spacial score (nSPS) is 14.1. The van der Waals surface area contributed by atoms with Crippen LogP contribution in [-0.2, 0) is 17.9 Å². The summed E-state index contributed by atoms with van der Waals surface area (Å²) in [6, 6.07) is 8.36. The van der Waals surface area contributed by atoms with Crippen molar-refractivity contribution in [3.63, 3.8) is 0 Å². The summed E-state index contributed by atoms with van der Waals surface area (Å²) in [5.41, 5.74) is 7.33. The lowest BCUT2D eigenvalue weighted by atomic mass is 10.2. The molecule has 0 aliphatic heterocycles. The summed E-state index contributed by atoms with van der Waals surface area (Å²) < 4.78 is 2.62. The number of benzene rings is 1. The highest BCUT2D eigenvalue weighted by molar-refractivity contribution is 9.10. The molecule has 1 amide bonds. The van der Waals surface area contributed by atoms with Crippen LogP contribution in [0, 0.1) is 0 Å². The Kier molecular flexibility index (Phi) is 3.96. The van der Waals surface area contributed by atoms with Gasteiger partial charge in [-0.3, -0.25) is 9.48 Å². The quantitative estimate of drug-likeness (QED) is 0.902. The number of aromatic nitrogens is 2. The predicted molar refractivity (Wildman–Crippen MR) is 84.4 cm³/mol. The summed E-state index contributed by atoms with van der Waals surface area (Å²) in [5.74, 6) is 0.0800. The van der Waals surface area contributed by atoms with Crippen molar-refractivity contribution >= 4 is 27.5 Å². The molecule has 0 bridgehead atoms. The molecule has 1 fully saturated rings. The Labute approximate surface area is 131 Å². The molecule has 0 radical (unpaired) electrons. The monoisotopic (exact) mass is 348 g/mol. The molecule has 110 valence electrons. The first-order valence-corrected chi connectivity index (χ1v) is 7.73. The largest absolute Gasteiger partial charge is 0.396 e. The van der Waals surface area contributed by atoms with Crippen LogP contribution in [0.15, 0.2) is 41.1 Å². The number of carbonyl (C=O) groups excluding carboxylic acids is 1. The molecule has 1 aliphatic carbocycles. The molecular formula is C15H17BrN4O. The molecule has 0 spiro atoms. The molecule has 1 aliphatic rings. The maximum Gasteiger partial charge on any atom is 0.244 e. The van der Waals surface area contributed by atoms with Crippen LogP contribution >= 0.6 is 15.9 Å². The van der Waals surface area contributed by atoms with Gasteiger partial charge in [-0.25, -0.2) is 0 Å². The summed E-state index contributed by atoms with van der Waals surface area (Å²) in [4.78, 5) is 14.5. The Hall–Kier alpha value is -1.82. The van der Waals surface area contributed by atoms with Gasteiger partial charge in [-0.05, 0) is 24.5 Å². The van der Waals surface area contributed by atoms with Gasteiger partial charge < -0.3 is 10.6 Å². The van der Waals surface area contributed by atoms with Crippen LogP contribution in [0.2, 0.25) is 0 Å². The maximum absolute atomic E-state index is 12.5. The van der Waals surface area contributed by atoms with Crippen LogP contribution in [0.1, 0.15) is 18.4 Å². The molecule has 6 heteroatoms. The van der Waals surface area contributed by atoms with Gasteiger partial charge >= 0.3 is 0 Å². The van der Waals surface area contributed by atoms with Gasteiger partial charge in [-0.1, -0.05) is 34.1 Å². The van der Waals surface area contributed by atoms with Gasteiger partial charge in [0.05, 0.1) is 11.9 Å². The minimum Gasteiger partial charge on any atom is -0.396 e. The molecule has 2 N–H and O–H groups in total. The second-order valence-electron chi connectivity index (χ2n) is 5.32. The number of carbonyl (C=O) groups is 1. The topological polar surface area (TPSA) is 64.1 Å². The zero-order valence-electron chi connectivity index (χ0n) is 11.6. The second-order valence-corrected chi connectivity index (χ2v) is 6.17. The zero-order chi connectivity index (χ0) is 14.8. The van der Waals surface area contributed by atoms with Gasteiger partial charge in [0.2, 0.25) is 5.91 Å². The van der Waals surface area contributed by atoms with E-state index in [1.54, 1.807) is 17.1 Å². The van der Waals surface area contributed by atoms with Gasteiger partial charge in [-0.15, -0.1) is 0 Å². The SMILES string of the molecule is Nc1cnn(CC(=O)N(Cc2ccccc2Br)C2CC2)c1. The highest BCUT2D eigenvalue weighted by atomic mass is 79.9. The molecule has 1 aromatic carbocycles. The van der Waals surface area contributed by atoms with Gasteiger partial charge in [0.25, 0.3) is 0 Å². The fraction of sp³-hybridized carbons (Fsp3) is 0.333. The van der Waals surface area contributed by atoms with Gasteiger partial charge in [0.15, 0.2) is 0 Å². The van der Waals surface area contributed by atoms with Gasteiger partial charge in [-0.2, -0.15) is 5.10 Å². The van der Waals surface area contributed by atoms with Crippen LogP contribution in [0.3, 0.4) is 0 Å². The summed E-state index contributed by atoms with van der Waals surface area (Å²) in [6.45, 7) is 0.861. The third-order valence-electron chi connectivity index (χ3n) is 3.56. The third-order valence-corrected chi connectivity index (χ3v) is 4.33. The summed E-state index contributed by atoms with van der Waals surface area (Å²) in [6.07, 6.45) is 5.40. The van der Waals surface area contributed by atoms with Gasteiger partial charge in [0.1, 0.15) is 6.54 Å². The number of hydrogen-bond donors (Lipinski definition) is 1. The molecule has 5 nitrogen and oxygen atoms in total. The molecule has 0 atom stereocenters. The average Bonchev–Trinajstić information content (AvgIpc) is 3.21. The molecule has 0 unspecified atom stereocenters. The van der Waals surface area contributed by atoms with Crippen molar-refractivity contribution in [3.8, 4) is 0 Å². The Morgan fingerprint density at radius 3 is 2.81 bits per heavy atom. The third kappa shape index (κ3) is 3.44. The van der Waals surface area contributed by atoms with Crippen molar-refractivity contribution in [2.45, 2.75) is 32.0 Å². The molecule has 2 aromatic rings. The van der Waals surface area contributed by atoms with E-state index in [1.165, 1.54) is 0 Å². The van der Waals surface area contributed by atoms with Crippen molar-refractivity contribution < 1.29 is 4.79 Å². The maximum atomic E-state index is 12.5. The number of anilines is 1. The van der Waals surface area contributed by atoms with E-state index in [2.05, 4.69) is 21.0 Å². The van der Waals surface area contributed by atoms with E-state index >= 15 is 0 Å². The number of rotatable bonds is 5. The van der Waals surface area contributed by atoms with E-state index < -0.39 is 0 Å². The Bertz CT molecular complexity index is 651. The van der Waals surface area contributed by atoms with E-state index in [9.17, 15) is 4.79 Å². The van der Waals surface area contributed by atoms with E-state index in [-0.39, 0.29) is 12.5 Å². The smallest absolute Gasteiger partial charge is 0.244 e. The Morgan fingerprint density at radius 2 is 2.19 bits per heavy atom. The first-order chi connectivity index (χ1) is 10.1. The van der Waals surface area contributed by atoms with Crippen molar-refractivity contribution in [1.29, 1.82) is 0 Å². The lowest BCUT2D eigenvalue weighted by Gasteiger charge is -2.23. The first-order valence-electron chi connectivity index (χ1n) is 6.94. The Balaban J connectivity index is 1.72. The van der Waals surface area contributed by atoms with E-state index in [0.29, 0.717) is 18.3 Å². The molecule has 1 saturated carbocycles. The van der Waals surface area contributed by atoms with E-state index in [1.807, 2.05) is 29.2 Å². The van der Waals surface area contributed by atoms with Crippen LogP contribution in [0.25, 0.3) is 0 Å². The fourth-order valence-corrected chi connectivity index (χ4v) is 2.72. The lowest BCUT2D eigenvalue weighted by molar-refractivity contribution is -0.133. The highest BCUT2D eigenvalue weighted by Crippen LogP contribution is 2.30. The number of amides is 1. The number of nitrogens with two attached hydrogens (primary N) is 1. The van der Waals surface area contributed by atoms with Crippen molar-refractivity contribution in [1.82, 2.24) is 14.7 Å². The lowest BCUT2D eigenvalue weighted by Crippen LogP contribution is -2.35. The van der Waals surface area contributed by atoms with E-state index in [4.69, 9.17) is 5.73 Å². The number of hydrogen-bond acceptors (Lipinski definition) is 3. The molecule has 3 rings (SSSR count). The molecule has 1 heterocycles. The summed E-state index contributed by atoms with van der Waals surface area (Å²) in [7, 11) is 0. The van der Waals surface area contributed by atoms with E-state index in [0.717, 1.165) is 22.9 Å². The van der Waals surface area contributed by atoms with Crippen LogP contribution in [-0.4, -0.2) is 26.6 Å². The molecule has 1 aromatic heterocycles. The average molecular weight is 349 g/mol. The molecular weight excluding hydrogens is 332 g/mol. The Morgan fingerprint density at radius 1 is 1.43 bits per heavy atom. The van der Waals surface area contributed by atoms with Crippen LogP contribution in [0.5, 0.6) is 0 Å². The minimum absolute atomic E-state index is 0.0800. The van der Waals surface area contributed by atoms with Crippen molar-refractivity contribution in [2.24, 2.45) is 0 Å². The standard InChI is InChI=1S/C15H17BrN4O/c16-14-4-2-1-3-11(14)8-20(13-5-6-13)15(21)10-19-9-12(17)7-18-19/h1-4,7,9,13H,5-6,8,10,17H2. The molecule has 21 heavy (non-hydrogen) atoms. The van der Waals surface area contributed by atoms with Crippen molar-refractivity contribution in [3.05, 3.63) is 46.7 Å². The number of nitrogen functional groups attached to an aromatic ring is 1. The van der Waals surface area contributed by atoms with Gasteiger partial charge in [0, 0.05) is 23.3 Å². The minimum atomic E-state index is 0.0800. The predicted octanol–water partition coefficient (Wildman–Crippen LogP) is 2.42. The zero-order valence-corrected chi connectivity index (χ0v) is 13.2. The summed E-state index contributed by atoms with van der Waals surface area (Å²) in [5, 5.41) is 4.08. The van der Waals surface area contributed by atoms with Crippen LogP contribution in [0.4, 0.5) is 5.69 Å². The summed E-state index contributed by atoms with van der Waals surface area (Å²) >= 11 is 3.54. The fourth-order valence-electron chi connectivity index (χ4n) is 2.31. The number of nitrogens with zero attached hydrogens (tertiary/aromatic N) is 3. The first kappa shape index (κ1) is 14.1. The highest BCUT2D eigenvalue weighted by Gasteiger charge is 2.32. The molecule has 0 saturated heterocycles. The second kappa shape index (κ2) is 5.89. The van der Waals surface area contributed by atoms with Crippen molar-refractivity contribution in [2.75, 3.05) is 5.73 Å². The number of halogens is 1. The van der Waals surface area contributed by atoms with Crippen LogP contribution < -0.4 is 5.73 Å².